The van der Waals surface area contributed by atoms with E-state index < -0.39 is 42.2 Å². The highest BCUT2D eigenvalue weighted by atomic mass is 35.5. The van der Waals surface area contributed by atoms with Gasteiger partial charge in [0, 0.05) is 47.4 Å². The Morgan fingerprint density at radius 2 is 1.76 bits per heavy atom. The van der Waals surface area contributed by atoms with Gasteiger partial charge in [-0.1, -0.05) is 11.6 Å². The zero-order valence-corrected chi connectivity index (χ0v) is 19.7. The van der Waals surface area contributed by atoms with Crippen LogP contribution in [0.1, 0.15) is 15.5 Å². The van der Waals surface area contributed by atoms with Crippen molar-refractivity contribution >= 4 is 34.0 Å². The molecular weight excluding hydrogens is 513 g/mol. The molecule has 5 aromatic rings. The second-order valence-corrected chi connectivity index (χ2v) is 8.51. The van der Waals surface area contributed by atoms with Crippen molar-refractivity contribution < 1.29 is 17.3 Å². The molecule has 10 nitrogen and oxygen atoms in total. The molecule has 0 unspecified atom stereocenters. The molecule has 0 atom stereocenters. The second-order valence-electron chi connectivity index (χ2n) is 8.10. The predicted octanol–water partition coefficient (Wildman–Crippen LogP) is 2.94. The summed E-state index contributed by atoms with van der Waals surface area (Å²) in [6, 6.07) is 4.83. The van der Waals surface area contributed by atoms with Gasteiger partial charge in [-0.15, -0.1) is 0 Å². The maximum Gasteiger partial charge on any atom is 0.333 e. The second kappa shape index (κ2) is 9.24. The van der Waals surface area contributed by atoms with Crippen LogP contribution < -0.4 is 16.6 Å². The molecule has 37 heavy (non-hydrogen) atoms. The van der Waals surface area contributed by atoms with Crippen molar-refractivity contribution in [2.75, 3.05) is 5.32 Å². The topological polar surface area (TPSA) is 105 Å². The maximum atomic E-state index is 14.6. The van der Waals surface area contributed by atoms with Gasteiger partial charge < -0.3 is 5.32 Å². The number of nitrogens with one attached hydrogen (secondary N) is 1. The molecule has 0 saturated heterocycles. The Morgan fingerprint density at radius 1 is 0.973 bits per heavy atom. The van der Waals surface area contributed by atoms with Gasteiger partial charge in [-0.2, -0.15) is 10.2 Å². The van der Waals surface area contributed by atoms with E-state index in [0.29, 0.717) is 17.5 Å². The van der Waals surface area contributed by atoms with Crippen molar-refractivity contribution in [3.8, 4) is 0 Å². The van der Waals surface area contributed by atoms with Crippen LogP contribution in [0.4, 0.5) is 24.7 Å². The summed E-state index contributed by atoms with van der Waals surface area (Å²) in [5.74, 6) is -3.86. The van der Waals surface area contributed by atoms with Crippen LogP contribution in [0.25, 0.3) is 10.9 Å². The highest BCUT2D eigenvalue weighted by molar-refractivity contribution is 6.34. The van der Waals surface area contributed by atoms with Crippen LogP contribution in [0.2, 0.25) is 5.02 Å². The quantitative estimate of drug-likeness (QED) is 0.337. The molecule has 3 aromatic heterocycles. The highest BCUT2D eigenvalue weighted by Crippen LogP contribution is 2.30. The van der Waals surface area contributed by atoms with E-state index in [1.165, 1.54) is 29.3 Å². The van der Waals surface area contributed by atoms with E-state index in [2.05, 4.69) is 20.5 Å². The van der Waals surface area contributed by atoms with Crippen LogP contribution in [0.15, 0.2) is 52.4 Å². The summed E-state index contributed by atoms with van der Waals surface area (Å²) in [6.45, 7) is -3.46. The zero-order chi connectivity index (χ0) is 28.9. The summed E-state index contributed by atoms with van der Waals surface area (Å²) in [7, 11) is 1.60. The van der Waals surface area contributed by atoms with Gasteiger partial charge in [-0.25, -0.2) is 22.9 Å². The first-order valence-electron chi connectivity index (χ1n) is 12.1. The molecule has 0 radical (unpaired) electrons. The number of fused-ring (bicyclic) bond motifs is 1. The largest absolute Gasteiger partial charge is 0.340 e. The monoisotopic (exact) mass is 533 g/mol. The van der Waals surface area contributed by atoms with Gasteiger partial charge in [-0.05, 0) is 18.2 Å². The van der Waals surface area contributed by atoms with Crippen molar-refractivity contribution in [1.82, 2.24) is 33.7 Å². The molecule has 190 valence electrons. The summed E-state index contributed by atoms with van der Waals surface area (Å²) in [4.78, 5) is 30.5. The summed E-state index contributed by atoms with van der Waals surface area (Å²) < 4.78 is 68.6. The molecule has 0 spiro atoms. The van der Waals surface area contributed by atoms with Crippen molar-refractivity contribution in [2.24, 2.45) is 14.0 Å². The molecule has 3 heterocycles. The Labute approximate surface area is 215 Å². The van der Waals surface area contributed by atoms with E-state index in [9.17, 15) is 22.8 Å². The molecule has 0 bridgehead atoms. The fourth-order valence-corrected chi connectivity index (χ4v) is 3.96. The van der Waals surface area contributed by atoms with Gasteiger partial charge in [0.15, 0.2) is 17.5 Å². The average Bonchev–Trinajstić information content (AvgIpc) is 3.48. The molecule has 0 fully saturated rings. The molecule has 1 N–H and O–H groups in total. The molecule has 0 aliphatic rings. The van der Waals surface area contributed by atoms with Gasteiger partial charge in [0.1, 0.15) is 18.0 Å². The molecule has 14 heteroatoms. The van der Waals surface area contributed by atoms with Crippen LogP contribution >= 0.6 is 11.6 Å². The van der Waals surface area contributed by atoms with Gasteiger partial charge in [0.2, 0.25) is 0 Å². The Balaban J connectivity index is 1.63. The molecular formula is C23H18ClF3N8O2. The Hall–Kier alpha value is -4.39. The first kappa shape index (κ1) is 20.8. The predicted molar refractivity (Wildman–Crippen MR) is 129 cm³/mol. The number of hydrogen-bond acceptors (Lipinski definition) is 6. The SMILES string of the molecule is [2H]C([2H])([2H])n1cc2cc(Nc3cc(=O)n(Cc4ncn(C)n4)c(=O)n3Cc3cc(F)c(F)cc3F)c(Cl)cc2n1. The normalized spacial score (nSPS) is 12.9. The van der Waals surface area contributed by atoms with Crippen LogP contribution in [-0.2, 0) is 27.1 Å². The van der Waals surface area contributed by atoms with Crippen molar-refractivity contribution in [1.29, 1.82) is 0 Å². The minimum absolute atomic E-state index is 0.0585. The number of rotatable bonds is 6. The smallest absolute Gasteiger partial charge is 0.333 e. The third kappa shape index (κ3) is 4.72. The fourth-order valence-electron chi connectivity index (χ4n) is 3.75. The van der Waals surface area contributed by atoms with E-state index >= 15 is 0 Å². The summed E-state index contributed by atoms with van der Waals surface area (Å²) in [5, 5.41) is 11.3. The number of nitrogens with zero attached hydrogens (tertiary/aromatic N) is 7. The number of aryl methyl sites for hydroxylation is 2. The number of aromatic nitrogens is 7. The van der Waals surface area contributed by atoms with E-state index in [1.54, 1.807) is 7.05 Å². The molecule has 0 aliphatic heterocycles. The first-order valence-corrected chi connectivity index (χ1v) is 11.0. The van der Waals surface area contributed by atoms with E-state index in [4.69, 9.17) is 15.7 Å². The molecule has 0 aliphatic carbocycles. The Bertz CT molecular complexity index is 1900. The van der Waals surface area contributed by atoms with Crippen LogP contribution in [0.3, 0.4) is 0 Å². The minimum Gasteiger partial charge on any atom is -0.340 e. The zero-order valence-electron chi connectivity index (χ0n) is 21.9. The molecule has 0 amide bonds. The van der Waals surface area contributed by atoms with Crippen molar-refractivity contribution in [3.63, 3.8) is 0 Å². The number of hydrogen-bond donors (Lipinski definition) is 1. The maximum absolute atomic E-state index is 14.6. The standard InChI is InChI=1S/C23H18ClF3N8O2/c1-32-8-13-4-19(14(24)5-18(13)30-32)29-21-7-22(36)35(10-20-28-11-33(2)31-20)23(37)34(21)9-12-3-16(26)17(27)6-15(12)25/h3-8,11,29H,9-10H2,1-2H3/i1D3. The summed E-state index contributed by atoms with van der Waals surface area (Å²) in [6.07, 6.45) is 2.64. The molecule has 5 rings (SSSR count). The van der Waals surface area contributed by atoms with Gasteiger partial charge >= 0.3 is 5.69 Å². The average molecular weight is 534 g/mol. The van der Waals surface area contributed by atoms with Gasteiger partial charge in [0.25, 0.3) is 5.56 Å². The lowest BCUT2D eigenvalue weighted by molar-refractivity contribution is 0.486. The lowest BCUT2D eigenvalue weighted by atomic mass is 10.2. The fraction of sp³-hybridized carbons (Fsp3) is 0.174. The van der Waals surface area contributed by atoms with E-state index in [0.717, 1.165) is 19.9 Å². The summed E-state index contributed by atoms with van der Waals surface area (Å²) >= 11 is 6.38. The van der Waals surface area contributed by atoms with Crippen molar-refractivity contribution in [3.05, 3.63) is 97.6 Å². The Morgan fingerprint density at radius 3 is 2.49 bits per heavy atom. The number of anilines is 2. The van der Waals surface area contributed by atoms with E-state index in [-0.39, 0.29) is 40.0 Å². The Kier molecular flexibility index (Phi) is 5.19. The van der Waals surface area contributed by atoms with Gasteiger partial charge in [-0.3, -0.25) is 23.3 Å². The first-order chi connectivity index (χ1) is 18.8. The van der Waals surface area contributed by atoms with Crippen LogP contribution in [0, 0.1) is 17.5 Å². The number of benzene rings is 2. The number of halogens is 4. The minimum atomic E-state index is -2.54. The lowest BCUT2D eigenvalue weighted by Gasteiger charge is -2.17. The van der Waals surface area contributed by atoms with Crippen LogP contribution in [-0.4, -0.2) is 33.7 Å². The molecule has 0 saturated carbocycles. The van der Waals surface area contributed by atoms with Crippen LogP contribution in [0.5, 0.6) is 0 Å². The third-order valence-corrected chi connectivity index (χ3v) is 5.81. The van der Waals surface area contributed by atoms with Crippen molar-refractivity contribution in [2.45, 2.75) is 13.1 Å². The summed E-state index contributed by atoms with van der Waals surface area (Å²) in [5.41, 5.74) is -1.65. The highest BCUT2D eigenvalue weighted by Gasteiger charge is 2.18. The molecule has 2 aromatic carbocycles. The third-order valence-electron chi connectivity index (χ3n) is 5.50. The van der Waals surface area contributed by atoms with E-state index in [1.807, 2.05) is 0 Å². The van der Waals surface area contributed by atoms with Gasteiger partial charge in [0.05, 0.1) is 29.3 Å². The lowest BCUT2D eigenvalue weighted by Crippen LogP contribution is -2.41.